The molecule has 16 heavy (non-hydrogen) atoms. The molecule has 94 valence electrons. The summed E-state index contributed by atoms with van der Waals surface area (Å²) in [6.45, 7) is 5.88. The Morgan fingerprint density at radius 1 is 1.44 bits per heavy atom. The lowest BCUT2D eigenvalue weighted by Gasteiger charge is -2.33. The van der Waals surface area contributed by atoms with Crippen LogP contribution in [0.4, 0.5) is 0 Å². The molecule has 0 aromatic rings. The monoisotopic (exact) mass is 228 g/mol. The van der Waals surface area contributed by atoms with Crippen molar-refractivity contribution in [2.45, 2.75) is 39.2 Å². The molecule has 1 aliphatic heterocycles. The third kappa shape index (κ3) is 3.76. The minimum atomic E-state index is -0.356. The molecule has 3 N–H and O–H groups in total. The highest BCUT2D eigenvalue weighted by atomic mass is 16.3. The molecule has 4 heteroatoms. The van der Waals surface area contributed by atoms with E-state index in [1.807, 2.05) is 4.90 Å². The van der Waals surface area contributed by atoms with Crippen LogP contribution in [-0.4, -0.2) is 41.7 Å². The standard InChI is InChI=1S/C12H24N2O2/c1-9(2)7-11(13)12(16)14-5-3-10(8-15)4-6-14/h9-11,15H,3-8,13H2,1-2H3. The Labute approximate surface area is 97.8 Å². The summed E-state index contributed by atoms with van der Waals surface area (Å²) in [6.07, 6.45) is 2.55. The number of aliphatic hydroxyl groups excluding tert-OH is 1. The first-order valence-corrected chi connectivity index (χ1v) is 6.19. The fourth-order valence-electron chi connectivity index (χ4n) is 2.18. The topological polar surface area (TPSA) is 66.6 Å². The Bertz CT molecular complexity index is 223. The van der Waals surface area contributed by atoms with Crippen LogP contribution in [0.3, 0.4) is 0 Å². The smallest absolute Gasteiger partial charge is 0.239 e. The average molecular weight is 228 g/mol. The molecule has 1 fully saturated rings. The van der Waals surface area contributed by atoms with E-state index in [0.717, 1.165) is 32.4 Å². The number of piperidine rings is 1. The normalized spacial score (nSPS) is 20.2. The first-order valence-electron chi connectivity index (χ1n) is 6.19. The Balaban J connectivity index is 2.38. The summed E-state index contributed by atoms with van der Waals surface area (Å²) >= 11 is 0. The van der Waals surface area contributed by atoms with Gasteiger partial charge in [-0.25, -0.2) is 0 Å². The second-order valence-electron chi connectivity index (χ2n) is 5.19. The highest BCUT2D eigenvalue weighted by Crippen LogP contribution is 2.17. The number of carbonyl (C=O) groups excluding carboxylic acids is 1. The molecule has 1 rings (SSSR count). The van der Waals surface area contributed by atoms with E-state index in [1.165, 1.54) is 0 Å². The Kier molecular flexibility index (Phi) is 5.22. The largest absolute Gasteiger partial charge is 0.396 e. The number of nitrogens with zero attached hydrogens (tertiary/aromatic N) is 1. The van der Waals surface area contributed by atoms with Gasteiger partial charge in [-0.2, -0.15) is 0 Å². The van der Waals surface area contributed by atoms with Crippen LogP contribution in [0.25, 0.3) is 0 Å². The van der Waals surface area contributed by atoms with Crippen LogP contribution in [-0.2, 0) is 4.79 Å². The van der Waals surface area contributed by atoms with Gasteiger partial charge in [-0.1, -0.05) is 13.8 Å². The van der Waals surface area contributed by atoms with E-state index in [4.69, 9.17) is 10.8 Å². The first-order chi connectivity index (χ1) is 7.54. The number of rotatable bonds is 4. The van der Waals surface area contributed by atoms with Gasteiger partial charge in [0.05, 0.1) is 6.04 Å². The van der Waals surface area contributed by atoms with Crippen molar-refractivity contribution in [3.05, 3.63) is 0 Å². The van der Waals surface area contributed by atoms with Gasteiger partial charge < -0.3 is 15.7 Å². The molecule has 1 aliphatic rings. The summed E-state index contributed by atoms with van der Waals surface area (Å²) in [4.78, 5) is 13.8. The van der Waals surface area contributed by atoms with Gasteiger partial charge in [0.15, 0.2) is 0 Å². The van der Waals surface area contributed by atoms with Gasteiger partial charge in [-0.15, -0.1) is 0 Å². The van der Waals surface area contributed by atoms with E-state index in [1.54, 1.807) is 0 Å². The molecule has 0 aromatic heterocycles. The van der Waals surface area contributed by atoms with E-state index >= 15 is 0 Å². The van der Waals surface area contributed by atoms with Gasteiger partial charge in [-0.05, 0) is 31.1 Å². The van der Waals surface area contributed by atoms with Gasteiger partial charge in [0.25, 0.3) is 0 Å². The zero-order chi connectivity index (χ0) is 12.1. The molecule has 1 saturated heterocycles. The maximum atomic E-state index is 12.0. The SMILES string of the molecule is CC(C)CC(N)C(=O)N1CCC(CO)CC1. The quantitative estimate of drug-likeness (QED) is 0.740. The van der Waals surface area contributed by atoms with Crippen LogP contribution >= 0.6 is 0 Å². The van der Waals surface area contributed by atoms with Crippen LogP contribution in [0, 0.1) is 11.8 Å². The van der Waals surface area contributed by atoms with Crippen molar-refractivity contribution >= 4 is 5.91 Å². The minimum absolute atomic E-state index is 0.0742. The highest BCUT2D eigenvalue weighted by molar-refractivity contribution is 5.81. The second kappa shape index (κ2) is 6.21. The summed E-state index contributed by atoms with van der Waals surface area (Å²) in [5.74, 6) is 0.893. The fourth-order valence-corrected chi connectivity index (χ4v) is 2.18. The van der Waals surface area contributed by atoms with Crippen LogP contribution in [0.15, 0.2) is 0 Å². The summed E-state index contributed by atoms with van der Waals surface area (Å²) in [5.41, 5.74) is 5.88. The number of likely N-dealkylation sites (tertiary alicyclic amines) is 1. The lowest BCUT2D eigenvalue weighted by Crippen LogP contribution is -2.47. The van der Waals surface area contributed by atoms with Gasteiger partial charge >= 0.3 is 0 Å². The van der Waals surface area contributed by atoms with Gasteiger partial charge in [0.1, 0.15) is 0 Å². The molecule has 4 nitrogen and oxygen atoms in total. The van der Waals surface area contributed by atoms with E-state index in [0.29, 0.717) is 11.8 Å². The average Bonchev–Trinajstić information content (AvgIpc) is 2.27. The van der Waals surface area contributed by atoms with Crippen molar-refractivity contribution in [3.63, 3.8) is 0 Å². The summed E-state index contributed by atoms with van der Waals surface area (Å²) in [5, 5.41) is 9.02. The third-order valence-electron chi connectivity index (χ3n) is 3.23. The Hall–Kier alpha value is -0.610. The molecule has 1 atom stereocenters. The molecule has 0 aromatic carbocycles. The number of hydrogen-bond acceptors (Lipinski definition) is 3. The molecular formula is C12H24N2O2. The predicted molar refractivity (Wildman–Crippen MR) is 63.8 cm³/mol. The highest BCUT2D eigenvalue weighted by Gasteiger charge is 2.26. The number of nitrogens with two attached hydrogens (primary N) is 1. The maximum Gasteiger partial charge on any atom is 0.239 e. The van der Waals surface area contributed by atoms with Crippen molar-refractivity contribution in [1.29, 1.82) is 0 Å². The van der Waals surface area contributed by atoms with Crippen LogP contribution in [0.2, 0.25) is 0 Å². The maximum absolute atomic E-state index is 12.0. The molecule has 0 saturated carbocycles. The van der Waals surface area contributed by atoms with Crippen LogP contribution in [0.1, 0.15) is 33.1 Å². The van der Waals surface area contributed by atoms with Gasteiger partial charge in [0, 0.05) is 19.7 Å². The second-order valence-corrected chi connectivity index (χ2v) is 5.19. The Morgan fingerprint density at radius 3 is 2.44 bits per heavy atom. The summed E-state index contributed by atoms with van der Waals surface area (Å²) in [6, 6.07) is -0.356. The molecule has 1 unspecified atom stereocenters. The third-order valence-corrected chi connectivity index (χ3v) is 3.23. The van der Waals surface area contributed by atoms with Crippen molar-refractivity contribution < 1.29 is 9.90 Å². The van der Waals surface area contributed by atoms with Crippen molar-refractivity contribution in [1.82, 2.24) is 4.90 Å². The van der Waals surface area contributed by atoms with E-state index in [9.17, 15) is 4.79 Å². The van der Waals surface area contributed by atoms with Crippen LogP contribution < -0.4 is 5.73 Å². The first kappa shape index (κ1) is 13.5. The van der Waals surface area contributed by atoms with E-state index in [2.05, 4.69) is 13.8 Å². The van der Waals surface area contributed by atoms with Crippen molar-refractivity contribution in [2.75, 3.05) is 19.7 Å². The van der Waals surface area contributed by atoms with Crippen molar-refractivity contribution in [3.8, 4) is 0 Å². The Morgan fingerprint density at radius 2 is 2.00 bits per heavy atom. The van der Waals surface area contributed by atoms with E-state index < -0.39 is 0 Å². The molecular weight excluding hydrogens is 204 g/mol. The molecule has 0 radical (unpaired) electrons. The van der Waals surface area contributed by atoms with Gasteiger partial charge in [0.2, 0.25) is 5.91 Å². The van der Waals surface area contributed by atoms with E-state index in [-0.39, 0.29) is 18.6 Å². The lowest BCUT2D eigenvalue weighted by atomic mass is 9.96. The molecule has 1 heterocycles. The van der Waals surface area contributed by atoms with Gasteiger partial charge in [-0.3, -0.25) is 4.79 Å². The number of carbonyl (C=O) groups is 1. The fraction of sp³-hybridized carbons (Fsp3) is 0.917. The molecule has 0 bridgehead atoms. The summed E-state index contributed by atoms with van der Waals surface area (Å²) in [7, 11) is 0. The summed E-state index contributed by atoms with van der Waals surface area (Å²) < 4.78 is 0. The molecule has 0 aliphatic carbocycles. The zero-order valence-corrected chi connectivity index (χ0v) is 10.4. The predicted octanol–water partition coefficient (Wildman–Crippen LogP) is 0.591. The number of amides is 1. The molecule has 1 amide bonds. The minimum Gasteiger partial charge on any atom is -0.396 e. The molecule has 0 spiro atoms. The zero-order valence-electron chi connectivity index (χ0n) is 10.4. The number of hydrogen-bond donors (Lipinski definition) is 2. The van der Waals surface area contributed by atoms with Crippen molar-refractivity contribution in [2.24, 2.45) is 17.6 Å². The lowest BCUT2D eigenvalue weighted by molar-refractivity contribution is -0.134. The van der Waals surface area contributed by atoms with Crippen LogP contribution in [0.5, 0.6) is 0 Å². The number of aliphatic hydroxyl groups is 1.